The minimum absolute atomic E-state index is 0.388. The number of pyridine rings is 1. The van der Waals surface area contributed by atoms with Gasteiger partial charge in [-0.2, -0.15) is 0 Å². The van der Waals surface area contributed by atoms with E-state index in [1.54, 1.807) is 12.3 Å². The van der Waals surface area contributed by atoms with Crippen molar-refractivity contribution < 1.29 is 9.53 Å². The third-order valence-corrected chi connectivity index (χ3v) is 2.78. The Bertz CT molecular complexity index is 400. The van der Waals surface area contributed by atoms with Gasteiger partial charge in [0.25, 0.3) is 0 Å². The molecule has 1 fully saturated rings. The molecule has 0 radical (unpaired) electrons. The fourth-order valence-electron chi connectivity index (χ4n) is 1.93. The van der Waals surface area contributed by atoms with E-state index >= 15 is 0 Å². The molecule has 1 aromatic rings. The van der Waals surface area contributed by atoms with Gasteiger partial charge in [-0.15, -0.1) is 0 Å². The van der Waals surface area contributed by atoms with Gasteiger partial charge in [0.15, 0.2) is 5.82 Å². The Morgan fingerprint density at radius 2 is 2.19 bits per heavy atom. The molecule has 1 saturated heterocycles. The van der Waals surface area contributed by atoms with Crippen LogP contribution in [-0.2, 0) is 4.74 Å². The summed E-state index contributed by atoms with van der Waals surface area (Å²) in [7, 11) is 1.34. The molecule has 0 aliphatic carbocycles. The minimum Gasteiger partial charge on any atom is -0.465 e. The Labute approximate surface area is 94.2 Å². The number of nitrogens with zero attached hydrogens (tertiary/aromatic N) is 2. The maximum atomic E-state index is 11.5. The average Bonchev–Trinajstić information content (AvgIpc) is 2.82. The molecule has 1 aromatic heterocycles. The highest BCUT2D eigenvalue weighted by Crippen LogP contribution is 2.27. The monoisotopic (exact) mass is 221 g/mol. The van der Waals surface area contributed by atoms with Crippen molar-refractivity contribution in [3.8, 4) is 0 Å². The molecule has 0 unspecified atom stereocenters. The highest BCUT2D eigenvalue weighted by Gasteiger charge is 2.20. The number of hydrogen-bond acceptors (Lipinski definition) is 5. The molecule has 16 heavy (non-hydrogen) atoms. The van der Waals surface area contributed by atoms with E-state index in [2.05, 4.69) is 14.6 Å². The number of carbonyl (C=O) groups excluding carboxylic acids is 1. The van der Waals surface area contributed by atoms with Crippen molar-refractivity contribution in [2.75, 3.05) is 30.8 Å². The summed E-state index contributed by atoms with van der Waals surface area (Å²) in [5, 5.41) is 0. The molecule has 5 nitrogen and oxygen atoms in total. The largest absolute Gasteiger partial charge is 0.465 e. The third kappa shape index (κ3) is 1.80. The molecule has 2 N–H and O–H groups in total. The molecule has 0 spiro atoms. The number of aromatic nitrogens is 1. The van der Waals surface area contributed by atoms with Gasteiger partial charge in [-0.3, -0.25) is 0 Å². The van der Waals surface area contributed by atoms with Crippen LogP contribution in [0.3, 0.4) is 0 Å². The first-order valence-corrected chi connectivity index (χ1v) is 5.32. The van der Waals surface area contributed by atoms with E-state index in [4.69, 9.17) is 5.73 Å². The zero-order valence-electron chi connectivity index (χ0n) is 9.27. The normalized spacial score (nSPS) is 15.2. The summed E-state index contributed by atoms with van der Waals surface area (Å²) in [6.07, 6.45) is 3.88. The molecular weight excluding hydrogens is 206 g/mol. The predicted octanol–water partition coefficient (Wildman–Crippen LogP) is 1.05. The van der Waals surface area contributed by atoms with Gasteiger partial charge >= 0.3 is 5.97 Å². The van der Waals surface area contributed by atoms with Crippen LogP contribution in [0.2, 0.25) is 0 Å². The molecule has 1 aliphatic heterocycles. The lowest BCUT2D eigenvalue weighted by Gasteiger charge is -2.19. The van der Waals surface area contributed by atoms with Crippen LogP contribution in [-0.4, -0.2) is 31.2 Å². The van der Waals surface area contributed by atoms with Gasteiger partial charge in [-0.25, -0.2) is 9.78 Å². The molecule has 86 valence electrons. The number of anilines is 2. The van der Waals surface area contributed by atoms with Gasteiger partial charge in [0.05, 0.1) is 18.4 Å². The van der Waals surface area contributed by atoms with Crippen molar-refractivity contribution in [1.29, 1.82) is 0 Å². The topological polar surface area (TPSA) is 68.5 Å². The zero-order chi connectivity index (χ0) is 11.5. The fourth-order valence-corrected chi connectivity index (χ4v) is 1.93. The van der Waals surface area contributed by atoms with Crippen molar-refractivity contribution in [2.24, 2.45) is 0 Å². The minimum atomic E-state index is -0.416. The standard InChI is InChI=1S/C11H15N3O2/c1-16-11(15)8-4-5-13-10(9(8)12)14-6-2-3-7-14/h4-5H,2-3,6-7,12H2,1H3. The molecule has 0 atom stereocenters. The number of rotatable bonds is 2. The zero-order valence-corrected chi connectivity index (χ0v) is 9.27. The van der Waals surface area contributed by atoms with E-state index in [0.717, 1.165) is 25.9 Å². The van der Waals surface area contributed by atoms with Crippen LogP contribution in [0.1, 0.15) is 23.2 Å². The Hall–Kier alpha value is -1.78. The number of carbonyl (C=O) groups is 1. The van der Waals surface area contributed by atoms with Crippen molar-refractivity contribution in [1.82, 2.24) is 4.98 Å². The van der Waals surface area contributed by atoms with Crippen molar-refractivity contribution >= 4 is 17.5 Å². The lowest BCUT2D eigenvalue weighted by molar-refractivity contribution is 0.0602. The number of methoxy groups -OCH3 is 1. The van der Waals surface area contributed by atoms with E-state index < -0.39 is 5.97 Å². The predicted molar refractivity (Wildman–Crippen MR) is 61.4 cm³/mol. The fraction of sp³-hybridized carbons (Fsp3) is 0.455. The summed E-state index contributed by atoms with van der Waals surface area (Å²) >= 11 is 0. The van der Waals surface area contributed by atoms with Crippen LogP contribution in [0.25, 0.3) is 0 Å². The summed E-state index contributed by atoms with van der Waals surface area (Å²) in [5.41, 5.74) is 6.74. The van der Waals surface area contributed by atoms with Crippen LogP contribution >= 0.6 is 0 Å². The SMILES string of the molecule is COC(=O)c1ccnc(N2CCCC2)c1N. The summed E-state index contributed by atoms with van der Waals surface area (Å²) in [4.78, 5) is 17.8. The second-order valence-corrected chi connectivity index (χ2v) is 3.78. The lowest BCUT2D eigenvalue weighted by Crippen LogP contribution is -2.21. The average molecular weight is 221 g/mol. The van der Waals surface area contributed by atoms with Crippen LogP contribution in [0.5, 0.6) is 0 Å². The van der Waals surface area contributed by atoms with E-state index in [9.17, 15) is 4.79 Å². The lowest BCUT2D eigenvalue weighted by atomic mass is 10.2. The van der Waals surface area contributed by atoms with Gasteiger partial charge in [0, 0.05) is 19.3 Å². The number of ether oxygens (including phenoxy) is 1. The second-order valence-electron chi connectivity index (χ2n) is 3.78. The van der Waals surface area contributed by atoms with Crippen LogP contribution in [0.4, 0.5) is 11.5 Å². The molecular formula is C11H15N3O2. The molecule has 5 heteroatoms. The molecule has 1 aliphatic rings. The van der Waals surface area contributed by atoms with Crippen LogP contribution in [0, 0.1) is 0 Å². The summed E-state index contributed by atoms with van der Waals surface area (Å²) in [6.45, 7) is 1.89. The van der Waals surface area contributed by atoms with Crippen molar-refractivity contribution in [3.05, 3.63) is 17.8 Å². The van der Waals surface area contributed by atoms with E-state index in [0.29, 0.717) is 17.1 Å². The van der Waals surface area contributed by atoms with E-state index in [1.165, 1.54) is 7.11 Å². The van der Waals surface area contributed by atoms with Gasteiger partial charge in [0.1, 0.15) is 0 Å². The quantitative estimate of drug-likeness (QED) is 0.756. The van der Waals surface area contributed by atoms with Gasteiger partial charge in [0.2, 0.25) is 0 Å². The van der Waals surface area contributed by atoms with Gasteiger partial charge < -0.3 is 15.4 Å². The maximum absolute atomic E-state index is 11.5. The Morgan fingerprint density at radius 3 is 2.81 bits per heavy atom. The molecule has 0 amide bonds. The number of hydrogen-bond donors (Lipinski definition) is 1. The van der Waals surface area contributed by atoms with Crippen molar-refractivity contribution in [3.63, 3.8) is 0 Å². The van der Waals surface area contributed by atoms with E-state index in [1.807, 2.05) is 0 Å². The van der Waals surface area contributed by atoms with Crippen LogP contribution < -0.4 is 10.6 Å². The number of nitrogens with two attached hydrogens (primary N) is 1. The van der Waals surface area contributed by atoms with E-state index in [-0.39, 0.29) is 0 Å². The highest BCUT2D eigenvalue weighted by molar-refractivity contribution is 5.97. The third-order valence-electron chi connectivity index (χ3n) is 2.78. The van der Waals surface area contributed by atoms with Crippen molar-refractivity contribution in [2.45, 2.75) is 12.8 Å². The Kier molecular flexibility index (Phi) is 2.94. The van der Waals surface area contributed by atoms with Gasteiger partial charge in [-0.1, -0.05) is 0 Å². The Balaban J connectivity index is 2.35. The smallest absolute Gasteiger partial charge is 0.340 e. The molecule has 0 bridgehead atoms. The second kappa shape index (κ2) is 4.38. The van der Waals surface area contributed by atoms with Gasteiger partial charge in [-0.05, 0) is 18.9 Å². The number of nitrogen functional groups attached to an aromatic ring is 1. The summed E-state index contributed by atoms with van der Waals surface area (Å²) < 4.78 is 4.67. The first-order chi connectivity index (χ1) is 7.74. The maximum Gasteiger partial charge on any atom is 0.340 e. The molecule has 2 rings (SSSR count). The summed E-state index contributed by atoms with van der Waals surface area (Å²) in [5.74, 6) is 0.278. The summed E-state index contributed by atoms with van der Waals surface area (Å²) in [6, 6.07) is 1.58. The first-order valence-electron chi connectivity index (χ1n) is 5.32. The van der Waals surface area contributed by atoms with Crippen LogP contribution in [0.15, 0.2) is 12.3 Å². The Morgan fingerprint density at radius 1 is 1.50 bits per heavy atom. The number of esters is 1. The molecule has 0 aromatic carbocycles. The molecule has 2 heterocycles. The first kappa shape index (κ1) is 10.7. The highest BCUT2D eigenvalue weighted by atomic mass is 16.5. The molecule has 0 saturated carbocycles.